The molecule has 0 bridgehead atoms. The number of ether oxygens (including phenoxy) is 2. The highest BCUT2D eigenvalue weighted by molar-refractivity contribution is 5.90. The van der Waals surface area contributed by atoms with E-state index in [-0.39, 0.29) is 0 Å². The van der Waals surface area contributed by atoms with Gasteiger partial charge in [-0.3, -0.25) is 0 Å². The summed E-state index contributed by atoms with van der Waals surface area (Å²) in [6.45, 7) is 0. The van der Waals surface area contributed by atoms with Crippen LogP contribution >= 0.6 is 0 Å². The quantitative estimate of drug-likeness (QED) is 0.659. The number of methoxy groups -OCH3 is 1. The summed E-state index contributed by atoms with van der Waals surface area (Å²) < 4.78 is 44.2. The second-order valence-electron chi connectivity index (χ2n) is 2.97. The average Bonchev–Trinajstić information content (AvgIpc) is 2.25. The van der Waals surface area contributed by atoms with Gasteiger partial charge in [0.2, 0.25) is 5.75 Å². The van der Waals surface area contributed by atoms with Gasteiger partial charge in [-0.15, -0.1) is 13.2 Å². The van der Waals surface area contributed by atoms with Gasteiger partial charge >= 0.3 is 23.8 Å². The molecule has 1 N–H and O–H groups in total. The van der Waals surface area contributed by atoms with E-state index >= 15 is 0 Å². The molecule has 0 radical (unpaired) electrons. The lowest BCUT2D eigenvalue weighted by molar-refractivity contribution is -0.389. The van der Waals surface area contributed by atoms with Gasteiger partial charge in [0.1, 0.15) is 0 Å². The Morgan fingerprint density at radius 2 is 2.11 bits per heavy atom. The Kier molecular flexibility index (Phi) is 3.77. The first kappa shape index (κ1) is 14.5. The molecule has 0 spiro atoms. The first-order valence-electron chi connectivity index (χ1n) is 4.38. The van der Waals surface area contributed by atoms with Crippen LogP contribution in [0, 0.1) is 10.1 Å². The number of aromatic carboxylic acids is 1. The van der Waals surface area contributed by atoms with Crippen LogP contribution in [0.25, 0.3) is 0 Å². The minimum Gasteiger partial charge on any atom is -0.489 e. The van der Waals surface area contributed by atoms with Gasteiger partial charge in [0.05, 0.1) is 13.2 Å². The zero-order valence-corrected chi connectivity index (χ0v) is 9.09. The number of halogens is 3. The molecule has 1 heterocycles. The van der Waals surface area contributed by atoms with Crippen LogP contribution in [0.5, 0.6) is 11.5 Å². The fourth-order valence-electron chi connectivity index (χ4n) is 1.13. The molecular weight excluding hydrogens is 277 g/mol. The molecule has 0 aromatic carbocycles. The first-order valence-corrected chi connectivity index (χ1v) is 4.38. The van der Waals surface area contributed by atoms with Crippen LogP contribution in [0.15, 0.2) is 6.07 Å². The molecule has 0 saturated carbocycles. The summed E-state index contributed by atoms with van der Waals surface area (Å²) in [5.74, 6) is -4.94. The van der Waals surface area contributed by atoms with E-state index in [1.807, 2.05) is 0 Å². The molecule has 0 atom stereocenters. The molecule has 0 aliphatic rings. The van der Waals surface area contributed by atoms with E-state index in [9.17, 15) is 28.1 Å². The summed E-state index contributed by atoms with van der Waals surface area (Å²) >= 11 is 0. The molecule has 1 rings (SSSR count). The fourth-order valence-corrected chi connectivity index (χ4v) is 1.13. The number of alkyl halides is 3. The minimum absolute atomic E-state index is 0.318. The van der Waals surface area contributed by atoms with Crippen LogP contribution in [0.4, 0.5) is 19.0 Å². The van der Waals surface area contributed by atoms with Gasteiger partial charge < -0.3 is 24.7 Å². The summed E-state index contributed by atoms with van der Waals surface area (Å²) in [5, 5.41) is 19.2. The molecule has 0 fully saturated rings. The molecule has 0 unspecified atom stereocenters. The average molecular weight is 282 g/mol. The second kappa shape index (κ2) is 4.96. The number of rotatable bonds is 4. The maximum absolute atomic E-state index is 12.1. The van der Waals surface area contributed by atoms with E-state index in [1.54, 1.807) is 0 Å². The Morgan fingerprint density at radius 3 is 2.47 bits per heavy atom. The topological polar surface area (TPSA) is 112 Å². The van der Waals surface area contributed by atoms with Gasteiger partial charge in [-0.05, 0) is 9.91 Å². The Hall–Kier alpha value is -2.59. The minimum atomic E-state index is -5.17. The third kappa shape index (κ3) is 3.43. The maximum Gasteiger partial charge on any atom is 0.573 e. The molecule has 1 aromatic rings. The van der Waals surface area contributed by atoms with Crippen molar-refractivity contribution in [3.05, 3.63) is 21.9 Å². The van der Waals surface area contributed by atoms with E-state index in [0.29, 0.717) is 6.07 Å². The van der Waals surface area contributed by atoms with Crippen molar-refractivity contribution < 1.29 is 37.5 Å². The zero-order chi connectivity index (χ0) is 14.8. The van der Waals surface area contributed by atoms with Crippen LogP contribution in [0.3, 0.4) is 0 Å². The van der Waals surface area contributed by atoms with Gasteiger partial charge in [-0.1, -0.05) is 0 Å². The molecular formula is C8H5F3N2O6. The lowest BCUT2D eigenvalue weighted by Crippen LogP contribution is -2.19. The molecule has 19 heavy (non-hydrogen) atoms. The highest BCUT2D eigenvalue weighted by Crippen LogP contribution is 2.36. The highest BCUT2D eigenvalue weighted by Gasteiger charge is 2.36. The predicted molar refractivity (Wildman–Crippen MR) is 51.1 cm³/mol. The highest BCUT2D eigenvalue weighted by atomic mass is 19.4. The number of carbonyl (C=O) groups is 1. The van der Waals surface area contributed by atoms with Crippen molar-refractivity contribution >= 4 is 11.8 Å². The molecule has 0 aliphatic carbocycles. The monoisotopic (exact) mass is 282 g/mol. The van der Waals surface area contributed by atoms with E-state index in [2.05, 4.69) is 14.5 Å². The van der Waals surface area contributed by atoms with Crippen molar-refractivity contribution in [1.82, 2.24) is 4.98 Å². The Balaban J connectivity index is 3.49. The van der Waals surface area contributed by atoms with Crippen LogP contribution in [0.2, 0.25) is 0 Å². The molecule has 1 aromatic heterocycles. The van der Waals surface area contributed by atoms with E-state index < -0.39 is 40.3 Å². The fraction of sp³-hybridized carbons (Fsp3) is 0.250. The number of hydrogen-bond donors (Lipinski definition) is 1. The molecule has 104 valence electrons. The van der Waals surface area contributed by atoms with Gasteiger partial charge in [0.15, 0.2) is 5.75 Å². The number of carboxylic acids is 1. The van der Waals surface area contributed by atoms with Gasteiger partial charge in [0.25, 0.3) is 0 Å². The molecule has 0 aliphatic heterocycles. The SMILES string of the molecule is COc1c(OC(F)(F)F)cc([N+](=O)[O-])nc1C(=O)O. The van der Waals surface area contributed by atoms with E-state index in [4.69, 9.17) is 5.11 Å². The van der Waals surface area contributed by atoms with Crippen molar-refractivity contribution in [2.75, 3.05) is 7.11 Å². The third-order valence-corrected chi connectivity index (χ3v) is 1.74. The third-order valence-electron chi connectivity index (χ3n) is 1.74. The summed E-state index contributed by atoms with van der Waals surface area (Å²) in [7, 11) is 0.874. The molecule has 0 saturated heterocycles. The number of carboxylic acid groups (broad SMARTS) is 1. The zero-order valence-electron chi connectivity index (χ0n) is 9.09. The number of pyridine rings is 1. The summed E-state index contributed by atoms with van der Waals surface area (Å²) in [6.07, 6.45) is -5.17. The van der Waals surface area contributed by atoms with Crippen molar-refractivity contribution in [2.45, 2.75) is 6.36 Å². The van der Waals surface area contributed by atoms with Crippen molar-refractivity contribution in [1.29, 1.82) is 0 Å². The summed E-state index contributed by atoms with van der Waals surface area (Å²) in [4.78, 5) is 23.1. The smallest absolute Gasteiger partial charge is 0.489 e. The lowest BCUT2D eigenvalue weighted by Gasteiger charge is -2.12. The Morgan fingerprint density at radius 1 is 1.53 bits per heavy atom. The second-order valence-corrected chi connectivity index (χ2v) is 2.97. The van der Waals surface area contributed by atoms with E-state index in [0.717, 1.165) is 7.11 Å². The number of nitrogens with zero attached hydrogens (tertiary/aromatic N) is 2. The Bertz CT molecular complexity index is 530. The first-order chi connectivity index (χ1) is 8.65. The maximum atomic E-state index is 12.1. The van der Waals surface area contributed by atoms with E-state index in [1.165, 1.54) is 0 Å². The van der Waals surface area contributed by atoms with Crippen LogP contribution in [-0.2, 0) is 0 Å². The van der Waals surface area contributed by atoms with Gasteiger partial charge in [-0.2, -0.15) is 0 Å². The van der Waals surface area contributed by atoms with Gasteiger partial charge in [0, 0.05) is 0 Å². The molecule has 8 nitrogen and oxygen atoms in total. The van der Waals surface area contributed by atoms with Crippen LogP contribution in [0.1, 0.15) is 10.5 Å². The Labute approximate surface area is 102 Å². The lowest BCUT2D eigenvalue weighted by atomic mass is 10.3. The normalized spacial score (nSPS) is 10.9. The molecule has 11 heteroatoms. The van der Waals surface area contributed by atoms with Crippen LogP contribution < -0.4 is 9.47 Å². The summed E-state index contributed by atoms with van der Waals surface area (Å²) in [6, 6.07) is 0.318. The standard InChI is InChI=1S/C8H5F3N2O6/c1-18-6-3(19-8(9,10)11)2-4(13(16)17)12-5(6)7(14)15/h2H,1H3,(H,14,15). The van der Waals surface area contributed by atoms with Crippen molar-refractivity contribution in [2.24, 2.45) is 0 Å². The van der Waals surface area contributed by atoms with Gasteiger partial charge in [-0.25, -0.2) is 4.79 Å². The molecule has 0 amide bonds. The number of hydrogen-bond acceptors (Lipinski definition) is 6. The van der Waals surface area contributed by atoms with Crippen LogP contribution in [-0.4, -0.2) is 34.5 Å². The number of nitro groups is 1. The summed E-state index contributed by atoms with van der Waals surface area (Å²) in [5.41, 5.74) is -1.06. The van der Waals surface area contributed by atoms with Crippen molar-refractivity contribution in [3.8, 4) is 11.5 Å². The predicted octanol–water partition coefficient (Wildman–Crippen LogP) is 1.60. The van der Waals surface area contributed by atoms with Crippen molar-refractivity contribution in [3.63, 3.8) is 0 Å². The number of aromatic nitrogens is 1. The largest absolute Gasteiger partial charge is 0.573 e.